The van der Waals surface area contributed by atoms with E-state index in [1.165, 1.54) is 6.20 Å². The Morgan fingerprint density at radius 3 is 2.67 bits per heavy atom. The molecule has 30 heavy (non-hydrogen) atoms. The lowest BCUT2D eigenvalue weighted by atomic mass is 10.2. The largest absolute Gasteiger partial charge is 0.449 e. The van der Waals surface area contributed by atoms with Gasteiger partial charge in [-0.1, -0.05) is 25.4 Å². The fourth-order valence-corrected chi connectivity index (χ4v) is 3.39. The minimum absolute atomic E-state index is 0.121. The fraction of sp³-hybridized carbons (Fsp3) is 0.450. The lowest BCUT2D eigenvalue weighted by molar-refractivity contribution is 0.0943. The van der Waals surface area contributed by atoms with Gasteiger partial charge in [-0.25, -0.2) is 13.6 Å². The number of carbonyl (C=O) groups excluding carboxylic acids is 1. The summed E-state index contributed by atoms with van der Waals surface area (Å²) in [6.45, 7) is 6.21. The Morgan fingerprint density at radius 2 is 1.97 bits per heavy atom. The molecule has 0 bridgehead atoms. The van der Waals surface area contributed by atoms with Gasteiger partial charge < -0.3 is 14.5 Å². The zero-order valence-corrected chi connectivity index (χ0v) is 17.5. The second-order valence-corrected chi connectivity index (χ2v) is 7.83. The normalized spacial score (nSPS) is 14.7. The molecular weight excluding hydrogens is 418 g/mol. The van der Waals surface area contributed by atoms with E-state index >= 15 is 0 Å². The lowest BCUT2D eigenvalue weighted by Crippen LogP contribution is -2.36. The number of benzene rings is 1. The van der Waals surface area contributed by atoms with Crippen molar-refractivity contribution >= 4 is 23.4 Å². The van der Waals surface area contributed by atoms with E-state index in [0.717, 1.165) is 16.8 Å². The first-order valence-corrected chi connectivity index (χ1v) is 10.1. The summed E-state index contributed by atoms with van der Waals surface area (Å²) in [5.41, 5.74) is -0.500. The van der Waals surface area contributed by atoms with Gasteiger partial charge in [0.15, 0.2) is 5.82 Å². The summed E-state index contributed by atoms with van der Waals surface area (Å²) in [6.07, 6.45) is 1.67. The minimum Gasteiger partial charge on any atom is -0.449 e. The van der Waals surface area contributed by atoms with Gasteiger partial charge in [-0.05, 0) is 24.5 Å². The van der Waals surface area contributed by atoms with Crippen LogP contribution in [-0.2, 0) is 4.74 Å². The number of nitrogens with zero attached hydrogens (tertiary/aromatic N) is 4. The van der Waals surface area contributed by atoms with Gasteiger partial charge in [0.1, 0.15) is 16.5 Å². The van der Waals surface area contributed by atoms with Gasteiger partial charge in [0.2, 0.25) is 0 Å². The standard InChI is InChI=1S/C20H23ClF2N4O3/c1-13(2)12-30-20(29)26-7-3-6-25(8-9-26)17-11-24-27(19(28)18(17)21)16-5-4-14(22)10-15(16)23/h4-5,10-11,13H,3,6-9,12H2,1-2H3. The van der Waals surface area contributed by atoms with E-state index in [-0.39, 0.29) is 22.7 Å². The van der Waals surface area contributed by atoms with Crippen LogP contribution < -0.4 is 10.5 Å². The number of anilines is 1. The first-order valence-electron chi connectivity index (χ1n) is 9.68. The Bertz CT molecular complexity index is 983. The Morgan fingerprint density at radius 1 is 1.20 bits per heavy atom. The van der Waals surface area contributed by atoms with Crippen molar-refractivity contribution in [2.24, 2.45) is 5.92 Å². The average molecular weight is 441 g/mol. The number of hydrogen-bond donors (Lipinski definition) is 0. The van der Waals surface area contributed by atoms with Crippen LogP contribution in [0, 0.1) is 17.6 Å². The number of halogens is 3. The van der Waals surface area contributed by atoms with E-state index in [0.29, 0.717) is 51.0 Å². The predicted octanol–water partition coefficient (Wildman–Crippen LogP) is 3.47. The molecule has 1 fully saturated rings. The second-order valence-electron chi connectivity index (χ2n) is 7.45. The van der Waals surface area contributed by atoms with E-state index in [1.807, 2.05) is 18.7 Å². The van der Waals surface area contributed by atoms with Crippen LogP contribution in [0.3, 0.4) is 0 Å². The quantitative estimate of drug-likeness (QED) is 0.728. The van der Waals surface area contributed by atoms with Gasteiger partial charge in [-0.15, -0.1) is 0 Å². The number of ether oxygens (including phenoxy) is 1. The van der Waals surface area contributed by atoms with Crippen molar-refractivity contribution in [2.75, 3.05) is 37.7 Å². The Balaban J connectivity index is 1.77. The van der Waals surface area contributed by atoms with Crippen LogP contribution in [-0.4, -0.2) is 53.6 Å². The second kappa shape index (κ2) is 9.42. The van der Waals surface area contributed by atoms with Crippen LogP contribution in [0.5, 0.6) is 0 Å². The van der Waals surface area contributed by atoms with Crippen molar-refractivity contribution in [3.63, 3.8) is 0 Å². The van der Waals surface area contributed by atoms with Crippen molar-refractivity contribution in [1.29, 1.82) is 0 Å². The van der Waals surface area contributed by atoms with E-state index in [1.54, 1.807) is 4.90 Å². The molecule has 3 rings (SSSR count). The molecule has 0 unspecified atom stereocenters. The maximum Gasteiger partial charge on any atom is 0.409 e. The molecule has 0 radical (unpaired) electrons. The molecule has 1 amide bonds. The predicted molar refractivity (Wildman–Crippen MR) is 109 cm³/mol. The van der Waals surface area contributed by atoms with Gasteiger partial charge in [-0.2, -0.15) is 9.78 Å². The minimum atomic E-state index is -0.918. The van der Waals surface area contributed by atoms with Crippen LogP contribution in [0.15, 0.2) is 29.2 Å². The maximum atomic E-state index is 14.0. The van der Waals surface area contributed by atoms with Gasteiger partial charge in [-0.3, -0.25) is 4.79 Å². The van der Waals surface area contributed by atoms with E-state index in [2.05, 4.69) is 5.10 Å². The van der Waals surface area contributed by atoms with Crippen molar-refractivity contribution < 1.29 is 18.3 Å². The molecule has 0 spiro atoms. The molecule has 7 nitrogen and oxygen atoms in total. The van der Waals surface area contributed by atoms with Crippen LogP contribution >= 0.6 is 11.6 Å². The Kier molecular flexibility index (Phi) is 6.91. The summed E-state index contributed by atoms with van der Waals surface area (Å²) in [4.78, 5) is 28.4. The van der Waals surface area contributed by atoms with Crippen molar-refractivity contribution in [3.8, 4) is 5.69 Å². The highest BCUT2D eigenvalue weighted by Crippen LogP contribution is 2.24. The number of aromatic nitrogens is 2. The molecule has 1 aromatic carbocycles. The third-order valence-electron chi connectivity index (χ3n) is 4.67. The summed E-state index contributed by atoms with van der Waals surface area (Å²) in [5.74, 6) is -1.42. The molecule has 162 valence electrons. The molecule has 1 aliphatic rings. The smallest absolute Gasteiger partial charge is 0.409 e. The zero-order valence-electron chi connectivity index (χ0n) is 16.8. The van der Waals surface area contributed by atoms with Gasteiger partial charge in [0.25, 0.3) is 5.56 Å². The summed E-state index contributed by atoms with van der Waals surface area (Å²) in [6, 6.07) is 2.84. The van der Waals surface area contributed by atoms with Gasteiger partial charge >= 0.3 is 6.09 Å². The lowest BCUT2D eigenvalue weighted by Gasteiger charge is -2.24. The van der Waals surface area contributed by atoms with Crippen LogP contribution in [0.1, 0.15) is 20.3 Å². The van der Waals surface area contributed by atoms with Gasteiger partial charge in [0, 0.05) is 32.2 Å². The Hall–Kier alpha value is -2.68. The summed E-state index contributed by atoms with van der Waals surface area (Å²) in [7, 11) is 0. The van der Waals surface area contributed by atoms with Crippen LogP contribution in [0.25, 0.3) is 5.69 Å². The average Bonchev–Trinajstić information content (AvgIpc) is 2.95. The first kappa shape index (κ1) is 22.0. The van der Waals surface area contributed by atoms with Crippen LogP contribution in [0.4, 0.5) is 19.3 Å². The zero-order chi connectivity index (χ0) is 21.8. The topological polar surface area (TPSA) is 67.7 Å². The van der Waals surface area contributed by atoms with Crippen molar-refractivity contribution in [3.05, 3.63) is 51.4 Å². The summed E-state index contributed by atoms with van der Waals surface area (Å²) < 4.78 is 33.3. The molecule has 10 heteroatoms. The molecule has 1 aliphatic heterocycles. The number of amides is 1. The molecular formula is C20H23ClF2N4O3. The summed E-state index contributed by atoms with van der Waals surface area (Å²) in [5, 5.41) is 3.90. The molecule has 2 heterocycles. The maximum absolute atomic E-state index is 14.0. The summed E-state index contributed by atoms with van der Waals surface area (Å²) >= 11 is 6.29. The monoisotopic (exact) mass is 440 g/mol. The van der Waals surface area contributed by atoms with E-state index in [4.69, 9.17) is 16.3 Å². The SMILES string of the molecule is CC(C)COC(=O)N1CCCN(c2cnn(-c3ccc(F)cc3F)c(=O)c2Cl)CC1. The molecule has 1 saturated heterocycles. The highest BCUT2D eigenvalue weighted by atomic mass is 35.5. The number of hydrogen-bond acceptors (Lipinski definition) is 5. The molecule has 0 atom stereocenters. The first-order chi connectivity index (χ1) is 14.3. The van der Waals surface area contributed by atoms with E-state index < -0.39 is 17.2 Å². The third-order valence-corrected chi connectivity index (χ3v) is 5.03. The molecule has 0 aliphatic carbocycles. The molecule has 1 aromatic heterocycles. The van der Waals surface area contributed by atoms with Crippen molar-refractivity contribution in [1.82, 2.24) is 14.7 Å². The van der Waals surface area contributed by atoms with E-state index in [9.17, 15) is 18.4 Å². The molecule has 0 saturated carbocycles. The third kappa shape index (κ3) is 4.89. The number of rotatable bonds is 4. The van der Waals surface area contributed by atoms with Crippen molar-refractivity contribution in [2.45, 2.75) is 20.3 Å². The fourth-order valence-electron chi connectivity index (χ4n) is 3.14. The number of carbonyl (C=O) groups is 1. The van der Waals surface area contributed by atoms with Gasteiger partial charge in [0.05, 0.1) is 18.5 Å². The highest BCUT2D eigenvalue weighted by molar-refractivity contribution is 6.33. The van der Waals surface area contributed by atoms with Crippen LogP contribution in [0.2, 0.25) is 5.02 Å². The Labute approximate surface area is 177 Å². The molecule has 0 N–H and O–H groups in total. The molecule has 2 aromatic rings. The highest BCUT2D eigenvalue weighted by Gasteiger charge is 2.23.